The average Bonchev–Trinajstić information content (AvgIpc) is 2.26. The van der Waals surface area contributed by atoms with Gasteiger partial charge in [-0.1, -0.05) is 12.1 Å². The van der Waals surface area contributed by atoms with Gasteiger partial charge in [0.2, 0.25) is 0 Å². The summed E-state index contributed by atoms with van der Waals surface area (Å²) in [7, 11) is 3.05. The van der Waals surface area contributed by atoms with Gasteiger partial charge in [-0.25, -0.2) is 0 Å². The Balaban J connectivity index is 3.07. The topological polar surface area (TPSA) is 53.3 Å². The van der Waals surface area contributed by atoms with Gasteiger partial charge in [-0.15, -0.1) is 0 Å². The molecular formula is C10H10N2O2. The maximum Gasteiger partial charge on any atom is 0.329 e. The van der Waals surface area contributed by atoms with E-state index >= 15 is 0 Å². The van der Waals surface area contributed by atoms with Crippen LogP contribution in [0.2, 0.25) is 0 Å². The first kappa shape index (κ1) is 10.1. The zero-order valence-corrected chi connectivity index (χ0v) is 8.02. The van der Waals surface area contributed by atoms with Gasteiger partial charge < -0.3 is 4.74 Å². The molecule has 0 aliphatic heterocycles. The number of nitriles is 1. The molecule has 0 aliphatic rings. The van der Waals surface area contributed by atoms with Crippen molar-refractivity contribution in [3.8, 4) is 11.8 Å². The lowest BCUT2D eigenvalue weighted by Gasteiger charge is -2.16. The van der Waals surface area contributed by atoms with Crippen LogP contribution in [-0.2, 0) is 4.79 Å². The molecule has 1 aromatic rings. The van der Waals surface area contributed by atoms with Crippen molar-refractivity contribution in [2.75, 3.05) is 19.1 Å². The first-order valence-electron chi connectivity index (χ1n) is 4.01. The predicted molar refractivity (Wildman–Crippen MR) is 52.0 cm³/mol. The highest BCUT2D eigenvalue weighted by atomic mass is 16.5. The summed E-state index contributed by atoms with van der Waals surface area (Å²) in [5, 5.41) is 8.45. The van der Waals surface area contributed by atoms with Crippen molar-refractivity contribution in [1.82, 2.24) is 0 Å². The Hall–Kier alpha value is -2.02. The number of para-hydroxylation sites is 2. The first-order chi connectivity index (χ1) is 6.70. The maximum atomic E-state index is 11.1. The molecule has 0 saturated carbocycles. The van der Waals surface area contributed by atoms with Crippen LogP contribution in [0.15, 0.2) is 24.3 Å². The minimum Gasteiger partial charge on any atom is -0.495 e. The fraction of sp³-hybridized carbons (Fsp3) is 0.200. The summed E-state index contributed by atoms with van der Waals surface area (Å²) in [4.78, 5) is 12.3. The molecule has 0 fully saturated rings. The maximum absolute atomic E-state index is 11.1. The molecule has 0 heterocycles. The van der Waals surface area contributed by atoms with E-state index in [0.717, 1.165) is 0 Å². The van der Waals surface area contributed by atoms with E-state index in [2.05, 4.69) is 0 Å². The summed E-state index contributed by atoms with van der Waals surface area (Å²) in [6.45, 7) is 0. The number of carbonyl (C=O) groups excluding carboxylic acids is 1. The number of methoxy groups -OCH3 is 1. The van der Waals surface area contributed by atoms with Gasteiger partial charge in [-0.2, -0.15) is 5.26 Å². The Labute approximate surface area is 82.3 Å². The van der Waals surface area contributed by atoms with Crippen molar-refractivity contribution < 1.29 is 9.53 Å². The Bertz CT molecular complexity index is 382. The van der Waals surface area contributed by atoms with Crippen molar-refractivity contribution in [2.45, 2.75) is 0 Å². The van der Waals surface area contributed by atoms with Gasteiger partial charge >= 0.3 is 5.91 Å². The normalized spacial score (nSPS) is 8.93. The Morgan fingerprint density at radius 2 is 2.14 bits per heavy atom. The van der Waals surface area contributed by atoms with Crippen molar-refractivity contribution in [2.24, 2.45) is 0 Å². The van der Waals surface area contributed by atoms with Gasteiger partial charge in [0, 0.05) is 7.05 Å². The minimum atomic E-state index is -0.616. The summed E-state index contributed by atoms with van der Waals surface area (Å²) >= 11 is 0. The average molecular weight is 190 g/mol. The molecule has 4 nitrogen and oxygen atoms in total. The molecule has 1 aromatic carbocycles. The molecule has 0 saturated heterocycles. The number of ether oxygens (including phenoxy) is 1. The monoisotopic (exact) mass is 190 g/mol. The lowest BCUT2D eigenvalue weighted by molar-refractivity contribution is -0.113. The molecule has 0 spiro atoms. The van der Waals surface area contributed by atoms with Crippen LogP contribution in [0.4, 0.5) is 5.69 Å². The zero-order chi connectivity index (χ0) is 10.6. The van der Waals surface area contributed by atoms with E-state index in [0.29, 0.717) is 11.4 Å². The highest BCUT2D eigenvalue weighted by molar-refractivity contribution is 6.04. The largest absolute Gasteiger partial charge is 0.495 e. The van der Waals surface area contributed by atoms with Crippen LogP contribution >= 0.6 is 0 Å². The van der Waals surface area contributed by atoms with E-state index < -0.39 is 5.91 Å². The van der Waals surface area contributed by atoms with E-state index in [4.69, 9.17) is 10.00 Å². The third-order valence-corrected chi connectivity index (χ3v) is 1.85. The second-order valence-corrected chi connectivity index (χ2v) is 2.65. The molecule has 0 unspecified atom stereocenters. The smallest absolute Gasteiger partial charge is 0.329 e. The van der Waals surface area contributed by atoms with Crippen LogP contribution in [-0.4, -0.2) is 20.1 Å². The van der Waals surface area contributed by atoms with Gasteiger partial charge in [-0.05, 0) is 12.1 Å². The Morgan fingerprint density at radius 3 is 2.71 bits per heavy atom. The van der Waals surface area contributed by atoms with Gasteiger partial charge in [0.1, 0.15) is 5.75 Å². The number of benzene rings is 1. The van der Waals surface area contributed by atoms with Gasteiger partial charge in [0.15, 0.2) is 6.07 Å². The van der Waals surface area contributed by atoms with E-state index in [1.165, 1.54) is 19.1 Å². The molecule has 4 heteroatoms. The molecule has 1 rings (SSSR count). The molecule has 0 bridgehead atoms. The lowest BCUT2D eigenvalue weighted by atomic mass is 10.2. The predicted octanol–water partition coefficient (Wildman–Crippen LogP) is 1.18. The number of rotatable bonds is 2. The summed E-state index contributed by atoms with van der Waals surface area (Å²) in [6, 6.07) is 8.57. The number of nitrogens with zero attached hydrogens (tertiary/aromatic N) is 2. The van der Waals surface area contributed by atoms with Gasteiger partial charge in [0.05, 0.1) is 12.8 Å². The van der Waals surface area contributed by atoms with E-state index in [-0.39, 0.29) is 0 Å². The third-order valence-electron chi connectivity index (χ3n) is 1.85. The van der Waals surface area contributed by atoms with E-state index in [1.54, 1.807) is 30.3 Å². The Morgan fingerprint density at radius 1 is 1.50 bits per heavy atom. The quantitative estimate of drug-likeness (QED) is 0.658. The third kappa shape index (κ3) is 1.83. The lowest BCUT2D eigenvalue weighted by Crippen LogP contribution is -2.24. The standard InChI is InChI=1S/C10H10N2O2/c1-12(10(13)7-11)8-5-3-4-6-9(8)14-2/h3-6H,1-2H3. The number of hydrogen-bond donors (Lipinski definition) is 0. The van der Waals surface area contributed by atoms with E-state index in [1.807, 2.05) is 0 Å². The first-order valence-corrected chi connectivity index (χ1v) is 4.01. The van der Waals surface area contributed by atoms with Crippen molar-refractivity contribution in [1.29, 1.82) is 5.26 Å². The summed E-state index contributed by atoms with van der Waals surface area (Å²) in [6.07, 6.45) is 0. The van der Waals surface area contributed by atoms with Crippen LogP contribution in [0, 0.1) is 11.3 Å². The number of hydrogen-bond acceptors (Lipinski definition) is 3. The molecule has 0 N–H and O–H groups in total. The molecule has 1 amide bonds. The molecule has 0 aromatic heterocycles. The van der Waals surface area contributed by atoms with Crippen molar-refractivity contribution in [3.63, 3.8) is 0 Å². The minimum absolute atomic E-state index is 0.568. The number of carbonyl (C=O) groups is 1. The molecule has 0 aliphatic carbocycles. The summed E-state index contributed by atoms with van der Waals surface area (Å²) < 4.78 is 5.06. The molecular weight excluding hydrogens is 180 g/mol. The molecule has 72 valence electrons. The number of amides is 1. The van der Waals surface area contributed by atoms with Crippen LogP contribution < -0.4 is 9.64 Å². The summed E-state index contributed by atoms with van der Waals surface area (Å²) in [5.41, 5.74) is 0.585. The zero-order valence-electron chi connectivity index (χ0n) is 8.02. The number of anilines is 1. The second kappa shape index (κ2) is 4.28. The fourth-order valence-corrected chi connectivity index (χ4v) is 1.09. The van der Waals surface area contributed by atoms with Crippen LogP contribution in [0.25, 0.3) is 0 Å². The van der Waals surface area contributed by atoms with Crippen molar-refractivity contribution >= 4 is 11.6 Å². The van der Waals surface area contributed by atoms with Gasteiger partial charge in [0.25, 0.3) is 0 Å². The molecule has 14 heavy (non-hydrogen) atoms. The summed E-state index contributed by atoms with van der Waals surface area (Å²) in [5.74, 6) is -0.0481. The van der Waals surface area contributed by atoms with Crippen LogP contribution in [0.3, 0.4) is 0 Å². The molecule has 0 radical (unpaired) electrons. The molecule has 0 atom stereocenters. The fourth-order valence-electron chi connectivity index (χ4n) is 1.09. The van der Waals surface area contributed by atoms with Gasteiger partial charge in [-0.3, -0.25) is 9.69 Å². The Kier molecular flexibility index (Phi) is 3.08. The highest BCUT2D eigenvalue weighted by Gasteiger charge is 2.13. The SMILES string of the molecule is COc1ccccc1N(C)C(=O)C#N. The van der Waals surface area contributed by atoms with Crippen molar-refractivity contribution in [3.05, 3.63) is 24.3 Å². The van der Waals surface area contributed by atoms with Crippen LogP contribution in [0.1, 0.15) is 0 Å². The second-order valence-electron chi connectivity index (χ2n) is 2.65. The van der Waals surface area contributed by atoms with Crippen LogP contribution in [0.5, 0.6) is 5.75 Å². The van der Waals surface area contributed by atoms with E-state index in [9.17, 15) is 4.79 Å². The highest BCUT2D eigenvalue weighted by Crippen LogP contribution is 2.26.